The summed E-state index contributed by atoms with van der Waals surface area (Å²) in [5, 5.41) is 8.88. The van der Waals surface area contributed by atoms with Crippen molar-refractivity contribution in [2.24, 2.45) is 0 Å². The van der Waals surface area contributed by atoms with Gasteiger partial charge in [0.05, 0.1) is 10.9 Å². The summed E-state index contributed by atoms with van der Waals surface area (Å²) in [7, 11) is 0. The summed E-state index contributed by atoms with van der Waals surface area (Å²) in [6.07, 6.45) is 0. The maximum absolute atomic E-state index is 12.3. The molecule has 0 aliphatic rings. The van der Waals surface area contributed by atoms with Crippen LogP contribution in [0.4, 0.5) is 4.39 Å². The average Bonchev–Trinajstić information content (AvgIpc) is 2.28. The lowest BCUT2D eigenvalue weighted by atomic mass is 10.1. The normalized spacial score (nSPS) is 10.6. The number of fused-ring (bicyclic) bond motifs is 1. The summed E-state index contributed by atoms with van der Waals surface area (Å²) < 4.78 is 17.4. The van der Waals surface area contributed by atoms with Gasteiger partial charge in [-0.3, -0.25) is 4.79 Å². The van der Waals surface area contributed by atoms with Crippen LogP contribution in [0, 0.1) is 0 Å². The van der Waals surface area contributed by atoms with E-state index in [0.29, 0.717) is 0 Å². The second-order valence-corrected chi connectivity index (χ2v) is 3.23. The highest BCUT2D eigenvalue weighted by Gasteiger charge is 2.08. The van der Waals surface area contributed by atoms with Crippen molar-refractivity contribution in [3.8, 4) is 0 Å². The van der Waals surface area contributed by atoms with E-state index in [4.69, 9.17) is 9.52 Å². The van der Waals surface area contributed by atoms with Gasteiger partial charge in [0, 0.05) is 6.07 Å². The molecule has 0 aliphatic heterocycles. The molecule has 1 aromatic heterocycles. The fraction of sp³-hybridized carbons (Fsp3) is 0.0909. The number of carbonyl (C=O) groups is 1. The monoisotopic (exact) mass is 222 g/mol. The van der Waals surface area contributed by atoms with Crippen molar-refractivity contribution in [3.05, 3.63) is 45.8 Å². The summed E-state index contributed by atoms with van der Waals surface area (Å²) in [6.45, 7) is -0.869. The van der Waals surface area contributed by atoms with E-state index in [2.05, 4.69) is 0 Å². The summed E-state index contributed by atoms with van der Waals surface area (Å²) in [5.41, 5.74) is -0.269. The van der Waals surface area contributed by atoms with Gasteiger partial charge in [-0.05, 0) is 18.2 Å². The largest absolute Gasteiger partial charge is 0.478 e. The van der Waals surface area contributed by atoms with Crippen LogP contribution in [-0.2, 0) is 6.67 Å². The second-order valence-electron chi connectivity index (χ2n) is 3.23. The number of carboxylic acid groups (broad SMARTS) is 1. The maximum Gasteiger partial charge on any atom is 0.335 e. The fourth-order valence-corrected chi connectivity index (χ4v) is 1.41. The fourth-order valence-electron chi connectivity index (χ4n) is 1.41. The van der Waals surface area contributed by atoms with Crippen LogP contribution in [0.5, 0.6) is 0 Å². The number of carboxylic acids is 1. The Bertz CT molecular complexity index is 615. The number of halogens is 1. The smallest absolute Gasteiger partial charge is 0.335 e. The molecule has 1 heterocycles. The average molecular weight is 222 g/mol. The molecule has 5 heteroatoms. The molecule has 0 bridgehead atoms. The van der Waals surface area contributed by atoms with Gasteiger partial charge >= 0.3 is 5.97 Å². The minimum absolute atomic E-state index is 0.00667. The number of benzene rings is 1. The zero-order valence-electron chi connectivity index (χ0n) is 8.07. The van der Waals surface area contributed by atoms with E-state index in [1.807, 2.05) is 0 Å². The highest BCUT2D eigenvalue weighted by molar-refractivity contribution is 5.92. The first-order valence-electron chi connectivity index (χ1n) is 4.48. The predicted molar refractivity (Wildman–Crippen MR) is 54.3 cm³/mol. The number of aromatic carboxylic acids is 1. The van der Waals surface area contributed by atoms with Crippen molar-refractivity contribution in [1.82, 2.24) is 0 Å². The Morgan fingerprint density at radius 3 is 2.75 bits per heavy atom. The Balaban J connectivity index is 2.75. The van der Waals surface area contributed by atoms with E-state index in [0.717, 1.165) is 6.07 Å². The molecule has 2 rings (SSSR count). The minimum atomic E-state index is -1.13. The van der Waals surface area contributed by atoms with E-state index in [1.54, 1.807) is 0 Å². The quantitative estimate of drug-likeness (QED) is 0.843. The van der Waals surface area contributed by atoms with Crippen molar-refractivity contribution in [2.75, 3.05) is 0 Å². The van der Waals surface area contributed by atoms with Crippen LogP contribution in [0.2, 0.25) is 0 Å². The molecule has 0 spiro atoms. The molecule has 0 saturated heterocycles. The zero-order chi connectivity index (χ0) is 11.7. The Labute approximate surface area is 88.9 Å². The molecule has 0 unspecified atom stereocenters. The Morgan fingerprint density at radius 2 is 2.12 bits per heavy atom. The van der Waals surface area contributed by atoms with Gasteiger partial charge in [-0.1, -0.05) is 0 Å². The van der Waals surface area contributed by atoms with Gasteiger partial charge in [-0.2, -0.15) is 0 Å². The Morgan fingerprint density at radius 1 is 1.38 bits per heavy atom. The number of rotatable bonds is 2. The first-order chi connectivity index (χ1) is 7.61. The van der Waals surface area contributed by atoms with Gasteiger partial charge in [0.15, 0.2) is 5.43 Å². The van der Waals surface area contributed by atoms with Crippen LogP contribution in [0.25, 0.3) is 11.0 Å². The molecule has 0 amide bonds. The van der Waals surface area contributed by atoms with E-state index in [-0.39, 0.29) is 22.3 Å². The molecular weight excluding hydrogens is 215 g/mol. The molecule has 0 radical (unpaired) electrons. The Kier molecular flexibility index (Phi) is 2.44. The number of hydrogen-bond donors (Lipinski definition) is 1. The third kappa shape index (κ3) is 1.67. The molecule has 0 saturated carbocycles. The van der Waals surface area contributed by atoms with Crippen molar-refractivity contribution >= 4 is 16.9 Å². The zero-order valence-corrected chi connectivity index (χ0v) is 8.07. The van der Waals surface area contributed by atoms with Crippen LogP contribution in [-0.4, -0.2) is 11.1 Å². The minimum Gasteiger partial charge on any atom is -0.478 e. The Hall–Kier alpha value is -2.17. The first kappa shape index (κ1) is 10.4. The number of alkyl halides is 1. The maximum atomic E-state index is 12.3. The molecule has 0 fully saturated rings. The van der Waals surface area contributed by atoms with Gasteiger partial charge in [0.25, 0.3) is 0 Å². The molecule has 4 nitrogen and oxygen atoms in total. The van der Waals surface area contributed by atoms with Gasteiger partial charge in [-0.15, -0.1) is 0 Å². The van der Waals surface area contributed by atoms with E-state index in [1.165, 1.54) is 18.2 Å². The summed E-state index contributed by atoms with van der Waals surface area (Å²) in [6, 6.07) is 4.88. The number of hydrogen-bond acceptors (Lipinski definition) is 3. The van der Waals surface area contributed by atoms with Crippen LogP contribution >= 0.6 is 0 Å². The van der Waals surface area contributed by atoms with Crippen molar-refractivity contribution in [2.45, 2.75) is 6.67 Å². The lowest BCUT2D eigenvalue weighted by Gasteiger charge is -2.00. The highest BCUT2D eigenvalue weighted by atomic mass is 19.1. The van der Waals surface area contributed by atoms with Gasteiger partial charge in [0.1, 0.15) is 18.0 Å². The summed E-state index contributed by atoms with van der Waals surface area (Å²) in [5.74, 6) is -1.20. The van der Waals surface area contributed by atoms with E-state index >= 15 is 0 Å². The molecule has 0 aliphatic carbocycles. The highest BCUT2D eigenvalue weighted by Crippen LogP contribution is 2.15. The van der Waals surface area contributed by atoms with Crippen LogP contribution in [0.15, 0.2) is 33.5 Å². The van der Waals surface area contributed by atoms with Crippen molar-refractivity contribution in [1.29, 1.82) is 0 Å². The first-order valence-corrected chi connectivity index (χ1v) is 4.48. The van der Waals surface area contributed by atoms with Crippen LogP contribution in [0.1, 0.15) is 16.1 Å². The molecule has 82 valence electrons. The third-order valence-corrected chi connectivity index (χ3v) is 2.16. The van der Waals surface area contributed by atoms with Gasteiger partial charge in [-0.25, -0.2) is 9.18 Å². The third-order valence-electron chi connectivity index (χ3n) is 2.16. The van der Waals surface area contributed by atoms with E-state index in [9.17, 15) is 14.0 Å². The standard InChI is InChI=1S/C11H7FO4/c12-5-7-4-9(13)8-3-6(11(14)15)1-2-10(8)16-7/h1-4H,5H2,(H,14,15). The summed E-state index contributed by atoms with van der Waals surface area (Å²) >= 11 is 0. The van der Waals surface area contributed by atoms with E-state index < -0.39 is 18.1 Å². The molecule has 0 atom stereocenters. The van der Waals surface area contributed by atoms with Crippen LogP contribution in [0.3, 0.4) is 0 Å². The molecule has 1 aromatic carbocycles. The molecular formula is C11H7FO4. The lowest BCUT2D eigenvalue weighted by Crippen LogP contribution is -2.04. The molecule has 2 aromatic rings. The van der Waals surface area contributed by atoms with Crippen LogP contribution < -0.4 is 5.43 Å². The topological polar surface area (TPSA) is 67.5 Å². The SMILES string of the molecule is O=C(O)c1ccc2oc(CF)cc(=O)c2c1. The lowest BCUT2D eigenvalue weighted by molar-refractivity contribution is 0.0697. The second kappa shape index (κ2) is 3.77. The van der Waals surface area contributed by atoms with Crippen molar-refractivity contribution in [3.63, 3.8) is 0 Å². The van der Waals surface area contributed by atoms with Gasteiger partial charge in [0.2, 0.25) is 0 Å². The van der Waals surface area contributed by atoms with Gasteiger partial charge < -0.3 is 9.52 Å². The van der Waals surface area contributed by atoms with Crippen molar-refractivity contribution < 1.29 is 18.7 Å². The molecule has 16 heavy (non-hydrogen) atoms. The predicted octanol–water partition coefficient (Wildman–Crippen LogP) is 1.96. The molecule has 1 N–H and O–H groups in total. The summed E-state index contributed by atoms with van der Waals surface area (Å²) in [4.78, 5) is 22.2.